The molecule has 1 aromatic rings. The Hall–Kier alpha value is -2.05. The number of amidine groups is 1. The molecule has 1 fully saturated rings. The number of carbonyl (C=O) groups excluding carboxylic acids is 1. The van der Waals surface area contributed by atoms with Crippen LogP contribution < -0.4 is 11.1 Å². The van der Waals surface area contributed by atoms with Crippen molar-refractivity contribution in [3.05, 3.63) is 18.0 Å². The van der Waals surface area contributed by atoms with E-state index in [4.69, 9.17) is 10.9 Å². The smallest absolute Gasteiger partial charge is 0.270 e. The SMILES string of the molecule is NC(=NO)C1(NC(=O)c2ccn[nH]2)CCCCCCC1. The summed E-state index contributed by atoms with van der Waals surface area (Å²) in [5.41, 5.74) is 5.47. The molecule has 20 heavy (non-hydrogen) atoms. The average Bonchev–Trinajstić information content (AvgIpc) is 2.95. The molecule has 0 aliphatic heterocycles. The Balaban J connectivity index is 2.19. The molecule has 0 saturated heterocycles. The average molecular weight is 279 g/mol. The van der Waals surface area contributed by atoms with Crippen LogP contribution in [0.15, 0.2) is 17.4 Å². The Bertz CT molecular complexity index is 461. The quantitative estimate of drug-likeness (QED) is 0.289. The zero-order valence-corrected chi connectivity index (χ0v) is 11.4. The molecular weight excluding hydrogens is 258 g/mol. The first-order valence-electron chi connectivity index (χ1n) is 6.98. The van der Waals surface area contributed by atoms with Crippen LogP contribution in [-0.4, -0.2) is 32.7 Å². The second-order valence-corrected chi connectivity index (χ2v) is 5.26. The highest BCUT2D eigenvalue weighted by Crippen LogP contribution is 2.27. The molecular formula is C13H21N5O2. The molecule has 1 aliphatic carbocycles. The van der Waals surface area contributed by atoms with Crippen molar-refractivity contribution < 1.29 is 10.0 Å². The summed E-state index contributed by atoms with van der Waals surface area (Å²) in [4.78, 5) is 12.2. The van der Waals surface area contributed by atoms with Gasteiger partial charge in [-0.05, 0) is 18.9 Å². The van der Waals surface area contributed by atoms with E-state index in [1.54, 1.807) is 6.07 Å². The van der Waals surface area contributed by atoms with Gasteiger partial charge in [0.05, 0.1) is 0 Å². The van der Waals surface area contributed by atoms with E-state index in [1.165, 1.54) is 12.6 Å². The maximum absolute atomic E-state index is 12.2. The predicted octanol–water partition coefficient (Wildman–Crippen LogP) is 1.37. The minimum Gasteiger partial charge on any atom is -0.409 e. The summed E-state index contributed by atoms with van der Waals surface area (Å²) in [6.45, 7) is 0. The fourth-order valence-corrected chi connectivity index (χ4v) is 2.72. The van der Waals surface area contributed by atoms with Gasteiger partial charge in [-0.15, -0.1) is 0 Å². The van der Waals surface area contributed by atoms with Gasteiger partial charge in [0.15, 0.2) is 5.84 Å². The van der Waals surface area contributed by atoms with Crippen molar-refractivity contribution in [3.8, 4) is 0 Å². The first-order valence-corrected chi connectivity index (χ1v) is 6.98. The molecule has 1 heterocycles. The third-order valence-corrected chi connectivity index (χ3v) is 3.90. The largest absolute Gasteiger partial charge is 0.409 e. The molecule has 7 heteroatoms. The van der Waals surface area contributed by atoms with E-state index in [0.29, 0.717) is 18.5 Å². The van der Waals surface area contributed by atoms with E-state index in [2.05, 4.69) is 20.7 Å². The molecule has 5 N–H and O–H groups in total. The summed E-state index contributed by atoms with van der Waals surface area (Å²) < 4.78 is 0. The van der Waals surface area contributed by atoms with Crippen molar-refractivity contribution in [2.45, 2.75) is 50.5 Å². The number of nitrogens with one attached hydrogen (secondary N) is 2. The van der Waals surface area contributed by atoms with Crippen molar-refractivity contribution in [1.29, 1.82) is 0 Å². The first-order chi connectivity index (χ1) is 9.68. The zero-order chi connectivity index (χ0) is 14.4. The predicted molar refractivity (Wildman–Crippen MR) is 74.5 cm³/mol. The van der Waals surface area contributed by atoms with E-state index >= 15 is 0 Å². The van der Waals surface area contributed by atoms with E-state index in [9.17, 15) is 4.79 Å². The fourth-order valence-electron chi connectivity index (χ4n) is 2.72. The lowest BCUT2D eigenvalue weighted by Crippen LogP contribution is -2.57. The van der Waals surface area contributed by atoms with Gasteiger partial charge in [0.2, 0.25) is 0 Å². The first kappa shape index (κ1) is 14.4. The Morgan fingerprint density at radius 3 is 2.55 bits per heavy atom. The van der Waals surface area contributed by atoms with Gasteiger partial charge in [-0.25, -0.2) is 0 Å². The van der Waals surface area contributed by atoms with Gasteiger partial charge in [-0.2, -0.15) is 5.10 Å². The van der Waals surface area contributed by atoms with Crippen molar-refractivity contribution in [1.82, 2.24) is 15.5 Å². The number of rotatable bonds is 3. The van der Waals surface area contributed by atoms with Crippen molar-refractivity contribution in [2.24, 2.45) is 10.9 Å². The number of nitrogens with two attached hydrogens (primary N) is 1. The lowest BCUT2D eigenvalue weighted by atomic mass is 9.82. The standard InChI is InChI=1S/C13H21N5O2/c14-12(18-20)13(7-4-2-1-3-5-8-13)16-11(19)10-6-9-15-17-10/h6,9,20H,1-5,7-8H2,(H2,14,18)(H,15,17)(H,16,19). The molecule has 1 aliphatic rings. The fraction of sp³-hybridized carbons (Fsp3) is 0.615. The van der Waals surface area contributed by atoms with Crippen LogP contribution in [0, 0.1) is 0 Å². The number of H-pyrrole nitrogens is 1. The maximum Gasteiger partial charge on any atom is 0.270 e. The molecule has 1 aromatic heterocycles. The molecule has 1 amide bonds. The molecule has 0 radical (unpaired) electrons. The van der Waals surface area contributed by atoms with Gasteiger partial charge in [0.25, 0.3) is 5.91 Å². The highest BCUT2D eigenvalue weighted by atomic mass is 16.4. The Labute approximate surface area is 117 Å². The van der Waals surface area contributed by atoms with Crippen molar-refractivity contribution in [2.75, 3.05) is 0 Å². The summed E-state index contributed by atoms with van der Waals surface area (Å²) >= 11 is 0. The number of oxime groups is 1. The molecule has 0 aromatic carbocycles. The molecule has 2 rings (SSSR count). The monoisotopic (exact) mass is 279 g/mol. The molecule has 7 nitrogen and oxygen atoms in total. The molecule has 1 saturated carbocycles. The second-order valence-electron chi connectivity index (χ2n) is 5.26. The highest BCUT2D eigenvalue weighted by Gasteiger charge is 2.37. The van der Waals surface area contributed by atoms with Crippen LogP contribution in [0.2, 0.25) is 0 Å². The van der Waals surface area contributed by atoms with Crippen LogP contribution >= 0.6 is 0 Å². The summed E-state index contributed by atoms with van der Waals surface area (Å²) in [6, 6.07) is 1.60. The Morgan fingerprint density at radius 1 is 1.35 bits per heavy atom. The van der Waals surface area contributed by atoms with Crippen LogP contribution in [0.5, 0.6) is 0 Å². The van der Waals surface area contributed by atoms with Crippen LogP contribution in [0.1, 0.15) is 55.4 Å². The Morgan fingerprint density at radius 2 is 2.00 bits per heavy atom. The summed E-state index contributed by atoms with van der Waals surface area (Å²) in [7, 11) is 0. The van der Waals surface area contributed by atoms with E-state index in [-0.39, 0.29) is 11.7 Å². The van der Waals surface area contributed by atoms with Crippen LogP contribution in [0.25, 0.3) is 0 Å². The van der Waals surface area contributed by atoms with Gasteiger partial charge in [0.1, 0.15) is 11.2 Å². The minimum absolute atomic E-state index is 0.0762. The number of hydrogen-bond donors (Lipinski definition) is 4. The van der Waals surface area contributed by atoms with Gasteiger partial charge in [-0.3, -0.25) is 9.89 Å². The third-order valence-electron chi connectivity index (χ3n) is 3.90. The van der Waals surface area contributed by atoms with E-state index in [0.717, 1.165) is 25.7 Å². The van der Waals surface area contributed by atoms with Crippen LogP contribution in [0.4, 0.5) is 0 Å². The number of aromatic amines is 1. The number of amides is 1. The zero-order valence-electron chi connectivity index (χ0n) is 11.4. The van der Waals surface area contributed by atoms with Gasteiger partial charge in [-0.1, -0.05) is 37.3 Å². The number of aromatic nitrogens is 2. The van der Waals surface area contributed by atoms with Crippen LogP contribution in [-0.2, 0) is 0 Å². The summed E-state index contributed by atoms with van der Waals surface area (Å²) in [6.07, 6.45) is 8.16. The molecule has 0 spiro atoms. The topological polar surface area (TPSA) is 116 Å². The maximum atomic E-state index is 12.2. The van der Waals surface area contributed by atoms with E-state index in [1.807, 2.05) is 0 Å². The minimum atomic E-state index is -0.767. The van der Waals surface area contributed by atoms with Gasteiger partial charge < -0.3 is 16.3 Å². The van der Waals surface area contributed by atoms with Gasteiger partial charge >= 0.3 is 0 Å². The molecule has 0 unspecified atom stereocenters. The van der Waals surface area contributed by atoms with E-state index < -0.39 is 5.54 Å². The van der Waals surface area contributed by atoms with Crippen LogP contribution in [0.3, 0.4) is 0 Å². The highest BCUT2D eigenvalue weighted by molar-refractivity contribution is 5.99. The lowest BCUT2D eigenvalue weighted by Gasteiger charge is -2.34. The lowest BCUT2D eigenvalue weighted by molar-refractivity contribution is 0.0905. The Kier molecular flexibility index (Phi) is 4.60. The van der Waals surface area contributed by atoms with Crippen molar-refractivity contribution >= 4 is 11.7 Å². The van der Waals surface area contributed by atoms with Gasteiger partial charge in [0, 0.05) is 6.20 Å². The second kappa shape index (κ2) is 6.40. The number of carbonyl (C=O) groups is 1. The molecule has 110 valence electrons. The normalized spacial score (nSPS) is 19.9. The number of hydrogen-bond acceptors (Lipinski definition) is 4. The summed E-state index contributed by atoms with van der Waals surface area (Å²) in [5.74, 6) is -0.207. The third kappa shape index (κ3) is 3.09. The number of nitrogens with zero attached hydrogens (tertiary/aromatic N) is 2. The molecule has 0 atom stereocenters. The van der Waals surface area contributed by atoms with Crippen molar-refractivity contribution in [3.63, 3.8) is 0 Å². The summed E-state index contributed by atoms with van der Waals surface area (Å²) in [5, 5.41) is 21.5. The molecule has 0 bridgehead atoms.